The Bertz CT molecular complexity index is 145. The predicted octanol–water partition coefficient (Wildman–Crippen LogP) is -0.227. The normalized spacial score (nSPS) is 18.9. The van der Waals surface area contributed by atoms with Gasteiger partial charge in [-0.1, -0.05) is 6.92 Å². The van der Waals surface area contributed by atoms with E-state index in [0.717, 1.165) is 0 Å². The molecule has 0 saturated heterocycles. The minimum atomic E-state index is -1.15. The molecule has 0 bridgehead atoms. The summed E-state index contributed by atoms with van der Waals surface area (Å²) in [6.07, 6.45) is 0.638. The van der Waals surface area contributed by atoms with Gasteiger partial charge in [0, 0.05) is 0 Å². The maximum Gasteiger partial charge on any atom is 0.323 e. The van der Waals surface area contributed by atoms with E-state index in [-0.39, 0.29) is 5.92 Å². The van der Waals surface area contributed by atoms with Crippen LogP contribution >= 0.6 is 0 Å². The second kappa shape index (κ2) is 3.69. The third-order valence-electron chi connectivity index (χ3n) is 2.08. The van der Waals surface area contributed by atoms with Crippen molar-refractivity contribution in [2.75, 3.05) is 6.54 Å². The number of carbonyl (C=O) groups is 1. The van der Waals surface area contributed by atoms with Gasteiger partial charge in [0.05, 0.1) is 0 Å². The molecule has 0 aromatic heterocycles. The van der Waals surface area contributed by atoms with E-state index in [1.807, 2.05) is 0 Å². The molecule has 0 heterocycles. The molecule has 0 unspecified atom stereocenters. The van der Waals surface area contributed by atoms with Crippen LogP contribution in [0, 0.1) is 5.92 Å². The second-order valence-corrected chi connectivity index (χ2v) is 3.07. The van der Waals surface area contributed by atoms with Crippen molar-refractivity contribution in [1.82, 2.24) is 0 Å². The fourth-order valence-electron chi connectivity index (χ4n) is 0.761. The minimum Gasteiger partial charge on any atom is -0.480 e. The van der Waals surface area contributed by atoms with E-state index < -0.39 is 11.5 Å². The third-order valence-corrected chi connectivity index (χ3v) is 2.08. The van der Waals surface area contributed by atoms with E-state index in [0.29, 0.717) is 13.0 Å². The summed E-state index contributed by atoms with van der Waals surface area (Å²) in [5.74, 6) is -1.07. The highest BCUT2D eigenvalue weighted by Crippen LogP contribution is 2.16. The molecule has 66 valence electrons. The zero-order chi connectivity index (χ0) is 9.07. The first-order valence-corrected chi connectivity index (χ1v) is 3.65. The van der Waals surface area contributed by atoms with Crippen LogP contribution in [0.4, 0.5) is 0 Å². The number of carboxylic acids is 1. The molecule has 4 heteroatoms. The van der Waals surface area contributed by atoms with Crippen LogP contribution in [-0.4, -0.2) is 23.2 Å². The molecule has 0 fully saturated rings. The minimum absolute atomic E-state index is 0.0926. The molecule has 0 aliphatic heterocycles. The van der Waals surface area contributed by atoms with Gasteiger partial charge in [0.2, 0.25) is 0 Å². The van der Waals surface area contributed by atoms with Crippen molar-refractivity contribution < 1.29 is 9.90 Å². The van der Waals surface area contributed by atoms with Gasteiger partial charge in [-0.05, 0) is 25.8 Å². The Labute approximate surface area is 66.6 Å². The molecule has 0 aliphatic rings. The van der Waals surface area contributed by atoms with Crippen LogP contribution in [0.25, 0.3) is 0 Å². The maximum absolute atomic E-state index is 10.6. The lowest BCUT2D eigenvalue weighted by molar-refractivity contribution is -0.144. The average Bonchev–Trinajstić information content (AvgIpc) is 1.88. The lowest BCUT2D eigenvalue weighted by atomic mass is 9.86. The highest BCUT2D eigenvalue weighted by molar-refractivity contribution is 5.78. The van der Waals surface area contributed by atoms with E-state index in [1.165, 1.54) is 6.92 Å². The van der Waals surface area contributed by atoms with Crippen molar-refractivity contribution in [3.63, 3.8) is 0 Å². The largest absolute Gasteiger partial charge is 0.480 e. The van der Waals surface area contributed by atoms with Crippen molar-refractivity contribution in [2.45, 2.75) is 25.8 Å². The van der Waals surface area contributed by atoms with Crippen LogP contribution in [0.3, 0.4) is 0 Å². The standard InChI is InChI=1S/C7H16N2O2/c1-5(3-4-8)7(2,9)6(10)11/h5H,3-4,8-9H2,1-2H3,(H,10,11)/t5-,7+/m0/s1. The van der Waals surface area contributed by atoms with Crippen molar-refractivity contribution in [2.24, 2.45) is 17.4 Å². The molecule has 11 heavy (non-hydrogen) atoms. The van der Waals surface area contributed by atoms with E-state index in [9.17, 15) is 4.79 Å². The van der Waals surface area contributed by atoms with E-state index in [2.05, 4.69) is 0 Å². The third kappa shape index (κ3) is 2.48. The molecule has 0 amide bonds. The van der Waals surface area contributed by atoms with Gasteiger partial charge in [-0.3, -0.25) is 4.79 Å². The zero-order valence-corrected chi connectivity index (χ0v) is 7.00. The van der Waals surface area contributed by atoms with Crippen LogP contribution in [0.15, 0.2) is 0 Å². The van der Waals surface area contributed by atoms with Crippen LogP contribution < -0.4 is 11.5 Å². The number of rotatable bonds is 4. The molecule has 2 atom stereocenters. The zero-order valence-electron chi connectivity index (χ0n) is 7.00. The molecule has 0 radical (unpaired) electrons. The van der Waals surface area contributed by atoms with Crippen LogP contribution in [-0.2, 0) is 4.79 Å². The van der Waals surface area contributed by atoms with E-state index in [4.69, 9.17) is 16.6 Å². The number of carboxylic acid groups (broad SMARTS) is 1. The first-order chi connectivity index (χ1) is 4.92. The van der Waals surface area contributed by atoms with Crippen molar-refractivity contribution in [3.05, 3.63) is 0 Å². The highest BCUT2D eigenvalue weighted by Gasteiger charge is 2.33. The molecule has 5 N–H and O–H groups in total. The molecular weight excluding hydrogens is 144 g/mol. The monoisotopic (exact) mass is 160 g/mol. The summed E-state index contributed by atoms with van der Waals surface area (Å²) in [4.78, 5) is 10.6. The summed E-state index contributed by atoms with van der Waals surface area (Å²) in [6, 6.07) is 0. The quantitative estimate of drug-likeness (QED) is 0.530. The van der Waals surface area contributed by atoms with Gasteiger partial charge >= 0.3 is 5.97 Å². The summed E-state index contributed by atoms with van der Waals surface area (Å²) in [5.41, 5.74) is 9.66. The number of hydrogen-bond donors (Lipinski definition) is 3. The van der Waals surface area contributed by atoms with Gasteiger partial charge in [0.25, 0.3) is 0 Å². The topological polar surface area (TPSA) is 89.3 Å². The van der Waals surface area contributed by atoms with E-state index >= 15 is 0 Å². The Morgan fingerprint density at radius 3 is 2.45 bits per heavy atom. The lowest BCUT2D eigenvalue weighted by Gasteiger charge is -2.26. The van der Waals surface area contributed by atoms with Gasteiger partial charge in [-0.15, -0.1) is 0 Å². The molecule has 0 aromatic carbocycles. The molecule has 0 rings (SSSR count). The molecular formula is C7H16N2O2. The summed E-state index contributed by atoms with van der Waals surface area (Å²) in [7, 11) is 0. The smallest absolute Gasteiger partial charge is 0.323 e. The summed E-state index contributed by atoms with van der Waals surface area (Å²) in [5, 5.41) is 8.67. The molecule has 0 spiro atoms. The van der Waals surface area contributed by atoms with Crippen molar-refractivity contribution in [1.29, 1.82) is 0 Å². The molecule has 0 saturated carbocycles. The Morgan fingerprint density at radius 1 is 1.73 bits per heavy atom. The van der Waals surface area contributed by atoms with Gasteiger partial charge < -0.3 is 16.6 Å². The Morgan fingerprint density at radius 2 is 2.18 bits per heavy atom. The van der Waals surface area contributed by atoms with Crippen molar-refractivity contribution >= 4 is 5.97 Å². The molecule has 0 aliphatic carbocycles. The Kier molecular flexibility index (Phi) is 3.48. The first-order valence-electron chi connectivity index (χ1n) is 3.65. The van der Waals surface area contributed by atoms with Gasteiger partial charge in [0.1, 0.15) is 5.54 Å². The molecule has 0 aromatic rings. The maximum atomic E-state index is 10.6. The second-order valence-electron chi connectivity index (χ2n) is 3.07. The van der Waals surface area contributed by atoms with Crippen LogP contribution in [0.1, 0.15) is 20.3 Å². The molecule has 4 nitrogen and oxygen atoms in total. The average molecular weight is 160 g/mol. The Hall–Kier alpha value is -0.610. The lowest BCUT2D eigenvalue weighted by Crippen LogP contribution is -2.50. The number of hydrogen-bond acceptors (Lipinski definition) is 3. The predicted molar refractivity (Wildman–Crippen MR) is 43.1 cm³/mol. The SMILES string of the molecule is C[C@@H](CCN)[C@@](C)(N)C(=O)O. The van der Waals surface area contributed by atoms with Crippen LogP contribution in [0.2, 0.25) is 0 Å². The van der Waals surface area contributed by atoms with Gasteiger partial charge in [0.15, 0.2) is 0 Å². The fraction of sp³-hybridized carbons (Fsp3) is 0.857. The summed E-state index contributed by atoms with van der Waals surface area (Å²) >= 11 is 0. The first kappa shape index (κ1) is 10.4. The summed E-state index contributed by atoms with van der Waals surface area (Å²) in [6.45, 7) is 3.78. The Balaban J connectivity index is 4.17. The van der Waals surface area contributed by atoms with Gasteiger partial charge in [-0.2, -0.15) is 0 Å². The van der Waals surface area contributed by atoms with Crippen LogP contribution in [0.5, 0.6) is 0 Å². The fourth-order valence-corrected chi connectivity index (χ4v) is 0.761. The highest BCUT2D eigenvalue weighted by atomic mass is 16.4. The van der Waals surface area contributed by atoms with Crippen molar-refractivity contribution in [3.8, 4) is 0 Å². The van der Waals surface area contributed by atoms with Gasteiger partial charge in [-0.25, -0.2) is 0 Å². The number of nitrogens with two attached hydrogens (primary N) is 2. The summed E-state index contributed by atoms with van der Waals surface area (Å²) < 4.78 is 0. The van der Waals surface area contributed by atoms with E-state index in [1.54, 1.807) is 6.92 Å². The number of aliphatic carboxylic acids is 1.